The van der Waals surface area contributed by atoms with Crippen molar-refractivity contribution in [3.63, 3.8) is 0 Å². The number of aliphatic hydroxyl groups excluding tert-OH is 3. The summed E-state index contributed by atoms with van der Waals surface area (Å²) in [7, 11) is 0. The lowest BCUT2D eigenvalue weighted by molar-refractivity contribution is -0.138. The number of carboxylic acids is 1. The smallest absolute Gasteiger partial charge is 0.330 e. The van der Waals surface area contributed by atoms with E-state index >= 15 is 0 Å². The average molecular weight is 382 g/mol. The Morgan fingerprint density at radius 2 is 1.04 bits per heavy atom. The Morgan fingerprint density at radius 1 is 0.692 bits per heavy atom. The fourth-order valence-corrected chi connectivity index (χ4v) is 0.876. The maximum Gasteiger partial charge on any atom is 0.330 e. The van der Waals surface area contributed by atoms with Gasteiger partial charge in [0.25, 0.3) is 0 Å². The topological polar surface area (TPSA) is 152 Å². The van der Waals surface area contributed by atoms with Gasteiger partial charge in [0.1, 0.15) is 6.61 Å². The Balaban J connectivity index is -0.000000346. The summed E-state index contributed by atoms with van der Waals surface area (Å²) < 4.78 is 19.4. The summed E-state index contributed by atoms with van der Waals surface area (Å²) >= 11 is 0. The van der Waals surface area contributed by atoms with Crippen molar-refractivity contribution in [2.45, 2.75) is 0 Å². The Kier molecular flexibility index (Phi) is 31.2. The summed E-state index contributed by atoms with van der Waals surface area (Å²) in [6.45, 7) is 8.79. The van der Waals surface area contributed by atoms with Gasteiger partial charge >= 0.3 is 11.9 Å². The highest BCUT2D eigenvalue weighted by Crippen LogP contribution is 1.80. The van der Waals surface area contributed by atoms with Gasteiger partial charge < -0.3 is 39.4 Å². The second-order valence-electron chi connectivity index (χ2n) is 3.92. The SMILES string of the molecule is C=CC(=O)O.C=CC(=O)OCCO.OCCOCCOCCOCCO. The van der Waals surface area contributed by atoms with Gasteiger partial charge in [-0.3, -0.25) is 0 Å². The summed E-state index contributed by atoms with van der Waals surface area (Å²) in [5.41, 5.74) is 0. The van der Waals surface area contributed by atoms with Gasteiger partial charge in [-0.05, 0) is 0 Å². The van der Waals surface area contributed by atoms with Crippen molar-refractivity contribution in [2.75, 3.05) is 66.1 Å². The van der Waals surface area contributed by atoms with Crippen molar-refractivity contribution in [1.29, 1.82) is 0 Å². The molecule has 0 aromatic carbocycles. The molecule has 26 heavy (non-hydrogen) atoms. The van der Waals surface area contributed by atoms with Gasteiger partial charge in [0.2, 0.25) is 0 Å². The first-order valence-corrected chi connectivity index (χ1v) is 7.70. The van der Waals surface area contributed by atoms with Gasteiger partial charge in [-0.1, -0.05) is 13.2 Å². The van der Waals surface area contributed by atoms with E-state index in [9.17, 15) is 9.59 Å². The Morgan fingerprint density at radius 3 is 1.31 bits per heavy atom. The van der Waals surface area contributed by atoms with Crippen LogP contribution in [0.1, 0.15) is 0 Å². The zero-order valence-corrected chi connectivity index (χ0v) is 14.9. The minimum atomic E-state index is -0.981. The van der Waals surface area contributed by atoms with Gasteiger partial charge in [0.15, 0.2) is 0 Å². The number of esters is 1. The first-order valence-electron chi connectivity index (χ1n) is 7.70. The van der Waals surface area contributed by atoms with E-state index in [1.807, 2.05) is 0 Å². The molecule has 0 fully saturated rings. The third kappa shape index (κ3) is 38.0. The third-order valence-electron chi connectivity index (χ3n) is 1.89. The first kappa shape index (κ1) is 29.0. The molecule has 0 saturated heterocycles. The van der Waals surface area contributed by atoms with Crippen LogP contribution in [0.3, 0.4) is 0 Å². The molecule has 0 bridgehead atoms. The zero-order valence-electron chi connectivity index (χ0n) is 14.9. The minimum Gasteiger partial charge on any atom is -0.478 e. The van der Waals surface area contributed by atoms with E-state index in [0.29, 0.717) is 39.6 Å². The Bertz CT molecular complexity index is 323. The summed E-state index contributed by atoms with van der Waals surface area (Å²) in [6.07, 6.45) is 1.88. The molecule has 0 rings (SSSR count). The lowest BCUT2D eigenvalue weighted by Gasteiger charge is -2.04. The molecule has 0 radical (unpaired) electrons. The number of hydrogen-bond acceptors (Lipinski definition) is 9. The van der Waals surface area contributed by atoms with E-state index < -0.39 is 11.9 Å². The molecule has 10 nitrogen and oxygen atoms in total. The van der Waals surface area contributed by atoms with Crippen LogP contribution in [0.4, 0.5) is 0 Å². The van der Waals surface area contributed by atoms with Gasteiger partial charge in [-0.15, -0.1) is 0 Å². The molecule has 10 heteroatoms. The van der Waals surface area contributed by atoms with Crippen molar-refractivity contribution in [3.8, 4) is 0 Å². The van der Waals surface area contributed by atoms with Gasteiger partial charge in [0, 0.05) is 12.2 Å². The zero-order chi connectivity index (χ0) is 20.5. The maximum absolute atomic E-state index is 10.1. The number of ether oxygens (including phenoxy) is 4. The second-order valence-corrected chi connectivity index (χ2v) is 3.92. The van der Waals surface area contributed by atoms with Crippen molar-refractivity contribution in [2.24, 2.45) is 0 Å². The van der Waals surface area contributed by atoms with Crippen LogP contribution in [-0.4, -0.2) is 98.4 Å². The van der Waals surface area contributed by atoms with Crippen LogP contribution < -0.4 is 0 Å². The number of rotatable bonds is 14. The molecule has 0 heterocycles. The number of aliphatic hydroxyl groups is 3. The summed E-state index contributed by atoms with van der Waals surface area (Å²) in [5, 5.41) is 32.4. The molecule has 0 saturated carbocycles. The van der Waals surface area contributed by atoms with Crippen LogP contribution in [0.15, 0.2) is 25.3 Å². The predicted molar refractivity (Wildman–Crippen MR) is 92.7 cm³/mol. The highest BCUT2D eigenvalue weighted by Gasteiger charge is 1.90. The molecule has 4 N–H and O–H groups in total. The molecule has 154 valence electrons. The van der Waals surface area contributed by atoms with E-state index in [2.05, 4.69) is 17.9 Å². The van der Waals surface area contributed by atoms with E-state index in [1.165, 1.54) is 0 Å². The van der Waals surface area contributed by atoms with Crippen LogP contribution in [-0.2, 0) is 28.5 Å². The monoisotopic (exact) mass is 382 g/mol. The largest absolute Gasteiger partial charge is 0.478 e. The van der Waals surface area contributed by atoms with Crippen LogP contribution in [0.2, 0.25) is 0 Å². The third-order valence-corrected chi connectivity index (χ3v) is 1.89. The predicted octanol–water partition coefficient (Wildman–Crippen LogP) is -1.01. The lowest BCUT2D eigenvalue weighted by atomic mass is 10.6. The number of aliphatic carboxylic acids is 1. The molecular formula is C16H30O10. The molecule has 0 aromatic heterocycles. The molecule has 0 atom stereocenters. The quantitative estimate of drug-likeness (QED) is 0.167. The second kappa shape index (κ2) is 28.0. The van der Waals surface area contributed by atoms with Crippen molar-refractivity contribution in [3.05, 3.63) is 25.3 Å². The van der Waals surface area contributed by atoms with Gasteiger partial charge in [-0.2, -0.15) is 0 Å². The van der Waals surface area contributed by atoms with Crippen molar-refractivity contribution >= 4 is 11.9 Å². The summed E-state index contributed by atoms with van der Waals surface area (Å²) in [4.78, 5) is 19.4. The number of carbonyl (C=O) groups is 2. The van der Waals surface area contributed by atoms with E-state index in [0.717, 1.165) is 12.2 Å². The van der Waals surface area contributed by atoms with Crippen molar-refractivity contribution < 1.29 is 49.0 Å². The number of hydrogen-bond donors (Lipinski definition) is 4. The number of carboxylic acid groups (broad SMARTS) is 1. The van der Waals surface area contributed by atoms with Crippen LogP contribution in [0.5, 0.6) is 0 Å². The molecule has 0 unspecified atom stereocenters. The van der Waals surface area contributed by atoms with E-state index in [-0.39, 0.29) is 26.4 Å². The minimum absolute atomic E-state index is 0.0413. The normalized spacial score (nSPS) is 9.04. The highest BCUT2D eigenvalue weighted by molar-refractivity contribution is 5.81. The number of carbonyl (C=O) groups excluding carboxylic acids is 1. The van der Waals surface area contributed by atoms with E-state index in [4.69, 9.17) is 34.6 Å². The van der Waals surface area contributed by atoms with Crippen LogP contribution in [0, 0.1) is 0 Å². The Labute approximate surface area is 153 Å². The molecule has 0 aromatic rings. The molecule has 0 aliphatic rings. The molecule has 0 aliphatic carbocycles. The highest BCUT2D eigenvalue weighted by atomic mass is 16.5. The molecular weight excluding hydrogens is 352 g/mol. The first-order chi connectivity index (χ1) is 12.5. The fraction of sp³-hybridized carbons (Fsp3) is 0.625. The summed E-state index contributed by atoms with van der Waals surface area (Å²) in [5.74, 6) is -1.48. The van der Waals surface area contributed by atoms with Gasteiger partial charge in [0.05, 0.1) is 59.5 Å². The van der Waals surface area contributed by atoms with Crippen LogP contribution in [0.25, 0.3) is 0 Å². The molecule has 0 amide bonds. The standard InChI is InChI=1S/C8H18O5.C5H8O3.C3H4O2/c9-1-3-11-5-7-13-8-6-12-4-2-10;1-2-5(7)8-4-3-6;1-2-3(4)5/h9-10H,1-8H2;2,6H,1,3-4H2;2H,1H2,(H,4,5). The van der Waals surface area contributed by atoms with E-state index in [1.54, 1.807) is 0 Å². The fourth-order valence-electron chi connectivity index (χ4n) is 0.876. The lowest BCUT2D eigenvalue weighted by Crippen LogP contribution is -2.11. The Hall–Kier alpha value is -1.82. The molecule has 0 aliphatic heterocycles. The van der Waals surface area contributed by atoms with Gasteiger partial charge in [-0.25, -0.2) is 9.59 Å². The van der Waals surface area contributed by atoms with Crippen molar-refractivity contribution in [1.82, 2.24) is 0 Å². The molecule has 0 spiro atoms. The maximum atomic E-state index is 10.1. The average Bonchev–Trinajstić information content (AvgIpc) is 2.65. The summed E-state index contributed by atoms with van der Waals surface area (Å²) in [6, 6.07) is 0. The van der Waals surface area contributed by atoms with Crippen LogP contribution >= 0.6 is 0 Å².